The summed E-state index contributed by atoms with van der Waals surface area (Å²) < 4.78 is 0. The van der Waals surface area contributed by atoms with Gasteiger partial charge in [-0.1, -0.05) is 42.5 Å². The van der Waals surface area contributed by atoms with E-state index < -0.39 is 11.6 Å². The molecular formula is C23H23N3O3. The highest BCUT2D eigenvalue weighted by Crippen LogP contribution is 2.40. The average molecular weight is 389 g/mol. The molecule has 29 heavy (non-hydrogen) atoms. The number of urea groups is 1. The van der Waals surface area contributed by atoms with Crippen LogP contribution in [0.15, 0.2) is 48.5 Å². The first kappa shape index (κ1) is 17.9. The van der Waals surface area contributed by atoms with E-state index in [1.165, 1.54) is 0 Å². The van der Waals surface area contributed by atoms with Crippen LogP contribution in [0.1, 0.15) is 36.5 Å². The lowest BCUT2D eigenvalue weighted by Crippen LogP contribution is -2.48. The first-order valence-electron chi connectivity index (χ1n) is 10.1. The third-order valence-corrected chi connectivity index (χ3v) is 6.42. The van der Waals surface area contributed by atoms with Gasteiger partial charge in [-0.15, -0.1) is 0 Å². The average Bonchev–Trinajstić information content (AvgIpc) is 3.17. The molecule has 1 spiro atoms. The number of anilines is 1. The molecule has 0 radical (unpaired) electrons. The van der Waals surface area contributed by atoms with Crippen LogP contribution in [-0.2, 0) is 28.0 Å². The Morgan fingerprint density at radius 1 is 1.10 bits per heavy atom. The molecule has 0 unspecified atom stereocenters. The van der Waals surface area contributed by atoms with Gasteiger partial charge in [0.25, 0.3) is 5.91 Å². The van der Waals surface area contributed by atoms with E-state index in [9.17, 15) is 14.4 Å². The van der Waals surface area contributed by atoms with Gasteiger partial charge in [0, 0.05) is 11.7 Å². The molecule has 6 heteroatoms. The van der Waals surface area contributed by atoms with Crippen molar-refractivity contribution < 1.29 is 14.4 Å². The van der Waals surface area contributed by atoms with Crippen molar-refractivity contribution in [1.82, 2.24) is 10.2 Å². The summed E-state index contributed by atoms with van der Waals surface area (Å²) in [6.07, 6.45) is 3.05. The molecule has 0 aromatic heterocycles. The summed E-state index contributed by atoms with van der Waals surface area (Å²) in [6.45, 7) is 1.75. The topological polar surface area (TPSA) is 69.7 Å². The predicted molar refractivity (Wildman–Crippen MR) is 108 cm³/mol. The van der Waals surface area contributed by atoms with E-state index in [1.807, 2.05) is 55.5 Å². The Balaban J connectivity index is 1.43. The molecule has 3 aliphatic rings. The maximum Gasteiger partial charge on any atom is 0.325 e. The Kier molecular flexibility index (Phi) is 3.98. The van der Waals surface area contributed by atoms with Crippen LogP contribution >= 0.6 is 0 Å². The van der Waals surface area contributed by atoms with E-state index in [-0.39, 0.29) is 24.4 Å². The van der Waals surface area contributed by atoms with Gasteiger partial charge in [-0.25, -0.2) is 4.79 Å². The zero-order valence-corrected chi connectivity index (χ0v) is 16.4. The fraction of sp³-hybridized carbons (Fsp3) is 0.348. The summed E-state index contributed by atoms with van der Waals surface area (Å²) in [6, 6.07) is 15.1. The number of hydrogen-bond donors (Lipinski definition) is 1. The molecule has 148 valence electrons. The Hall–Kier alpha value is -3.15. The minimum absolute atomic E-state index is 0.00466. The van der Waals surface area contributed by atoms with Crippen molar-refractivity contribution in [2.45, 2.75) is 44.2 Å². The summed E-state index contributed by atoms with van der Waals surface area (Å²) in [7, 11) is 0. The molecule has 1 saturated heterocycles. The van der Waals surface area contributed by atoms with Gasteiger partial charge in [-0.2, -0.15) is 0 Å². The van der Waals surface area contributed by atoms with Gasteiger partial charge in [0.2, 0.25) is 5.91 Å². The second-order valence-corrected chi connectivity index (χ2v) is 8.18. The van der Waals surface area contributed by atoms with Crippen molar-refractivity contribution in [3.05, 3.63) is 65.2 Å². The number of imide groups is 1. The fourth-order valence-electron chi connectivity index (χ4n) is 5.11. The van der Waals surface area contributed by atoms with E-state index in [4.69, 9.17) is 0 Å². The normalized spacial score (nSPS) is 25.2. The molecule has 0 bridgehead atoms. The molecule has 1 N–H and O–H groups in total. The summed E-state index contributed by atoms with van der Waals surface area (Å²) in [5, 5.41) is 2.92. The van der Waals surface area contributed by atoms with Crippen LogP contribution in [0.5, 0.6) is 0 Å². The summed E-state index contributed by atoms with van der Waals surface area (Å²) in [5.41, 5.74) is 2.89. The van der Waals surface area contributed by atoms with E-state index in [0.29, 0.717) is 6.42 Å². The summed E-state index contributed by atoms with van der Waals surface area (Å²) >= 11 is 0. The number of fused-ring (bicyclic) bond motifs is 3. The first-order valence-corrected chi connectivity index (χ1v) is 10.1. The third-order valence-electron chi connectivity index (χ3n) is 6.42. The monoisotopic (exact) mass is 389 g/mol. The van der Waals surface area contributed by atoms with Crippen LogP contribution in [0, 0.1) is 0 Å². The van der Waals surface area contributed by atoms with Crippen LogP contribution in [0.4, 0.5) is 10.5 Å². The maximum absolute atomic E-state index is 13.4. The zero-order valence-electron chi connectivity index (χ0n) is 16.4. The minimum Gasteiger partial charge on any atom is -0.319 e. The number of aryl methyl sites for hydroxylation is 1. The van der Waals surface area contributed by atoms with Gasteiger partial charge < -0.3 is 10.2 Å². The molecule has 5 rings (SSSR count). The van der Waals surface area contributed by atoms with E-state index in [0.717, 1.165) is 46.5 Å². The lowest BCUT2D eigenvalue weighted by molar-refractivity contribution is -0.135. The Bertz CT molecular complexity index is 1030. The zero-order chi connectivity index (χ0) is 20.2. The van der Waals surface area contributed by atoms with Crippen molar-refractivity contribution in [2.75, 3.05) is 11.4 Å². The standard InChI is InChI=1S/C23H23N3O3/c1-15-13-17-8-3-5-11-19(17)26(15)20(27)14-25-21(28)23(24-22(25)29)12-6-9-16-7-2-4-10-18(16)23/h2-5,7-8,10-11,15H,6,9,12-14H2,1H3,(H,24,29)/t15-,23-/m0/s1. The van der Waals surface area contributed by atoms with Crippen LogP contribution in [0.3, 0.4) is 0 Å². The Morgan fingerprint density at radius 2 is 1.83 bits per heavy atom. The van der Waals surface area contributed by atoms with Gasteiger partial charge >= 0.3 is 6.03 Å². The van der Waals surface area contributed by atoms with Crippen LogP contribution in [-0.4, -0.2) is 35.3 Å². The van der Waals surface area contributed by atoms with E-state index in [1.54, 1.807) is 4.90 Å². The van der Waals surface area contributed by atoms with E-state index in [2.05, 4.69) is 5.32 Å². The van der Waals surface area contributed by atoms with Gasteiger partial charge in [0.1, 0.15) is 12.1 Å². The van der Waals surface area contributed by atoms with Crippen molar-refractivity contribution in [1.29, 1.82) is 0 Å². The number of nitrogens with zero attached hydrogens (tertiary/aromatic N) is 2. The number of hydrogen-bond acceptors (Lipinski definition) is 3. The molecule has 1 fully saturated rings. The second-order valence-electron chi connectivity index (χ2n) is 8.18. The van der Waals surface area contributed by atoms with Crippen molar-refractivity contribution >= 4 is 23.5 Å². The molecule has 2 atom stereocenters. The molecule has 2 aliphatic heterocycles. The molecule has 0 saturated carbocycles. The van der Waals surface area contributed by atoms with Crippen molar-refractivity contribution in [2.24, 2.45) is 0 Å². The predicted octanol–water partition coefficient (Wildman–Crippen LogP) is 2.75. The number of carbonyl (C=O) groups is 3. The highest BCUT2D eigenvalue weighted by atomic mass is 16.2. The third kappa shape index (κ3) is 2.58. The van der Waals surface area contributed by atoms with Gasteiger partial charge in [-0.3, -0.25) is 14.5 Å². The van der Waals surface area contributed by atoms with Crippen molar-refractivity contribution in [3.8, 4) is 0 Å². The largest absolute Gasteiger partial charge is 0.325 e. The molecule has 2 heterocycles. The molecular weight excluding hydrogens is 366 g/mol. The number of amides is 4. The summed E-state index contributed by atoms with van der Waals surface area (Å²) in [4.78, 5) is 42.1. The highest BCUT2D eigenvalue weighted by Gasteiger charge is 2.54. The van der Waals surface area contributed by atoms with Gasteiger partial charge in [0.15, 0.2) is 0 Å². The SMILES string of the molecule is C[C@H]1Cc2ccccc2N1C(=O)CN1C(=O)N[C@]2(CCCc3ccccc32)C1=O. The Morgan fingerprint density at radius 3 is 2.66 bits per heavy atom. The highest BCUT2D eigenvalue weighted by molar-refractivity contribution is 6.11. The molecule has 1 aliphatic carbocycles. The number of rotatable bonds is 2. The van der Waals surface area contributed by atoms with Gasteiger partial charge in [0.05, 0.1) is 0 Å². The number of benzene rings is 2. The quantitative estimate of drug-likeness (QED) is 0.803. The molecule has 2 aromatic carbocycles. The summed E-state index contributed by atoms with van der Waals surface area (Å²) in [5.74, 6) is -0.546. The lowest BCUT2D eigenvalue weighted by atomic mass is 9.76. The van der Waals surface area contributed by atoms with Crippen molar-refractivity contribution in [3.63, 3.8) is 0 Å². The smallest absolute Gasteiger partial charge is 0.319 e. The number of para-hydroxylation sites is 1. The number of nitrogens with one attached hydrogen (secondary N) is 1. The van der Waals surface area contributed by atoms with Crippen LogP contribution in [0.25, 0.3) is 0 Å². The minimum atomic E-state index is -1.04. The Labute approximate surface area is 169 Å². The maximum atomic E-state index is 13.4. The number of carbonyl (C=O) groups excluding carboxylic acids is 3. The molecule has 6 nitrogen and oxygen atoms in total. The van der Waals surface area contributed by atoms with Crippen LogP contribution in [0.2, 0.25) is 0 Å². The van der Waals surface area contributed by atoms with Gasteiger partial charge in [-0.05, 0) is 55.4 Å². The van der Waals surface area contributed by atoms with E-state index >= 15 is 0 Å². The lowest BCUT2D eigenvalue weighted by Gasteiger charge is -2.33. The second kappa shape index (κ2) is 6.44. The van der Waals surface area contributed by atoms with Crippen LogP contribution < -0.4 is 10.2 Å². The molecule has 4 amide bonds. The fourth-order valence-corrected chi connectivity index (χ4v) is 5.11. The molecule has 2 aromatic rings. The first-order chi connectivity index (χ1) is 14.0.